The highest BCUT2D eigenvalue weighted by molar-refractivity contribution is 9.10. The minimum Gasteiger partial charge on any atom is -0.495 e. The van der Waals surface area contributed by atoms with Crippen LogP contribution in [0.3, 0.4) is 0 Å². The number of rotatable bonds is 11. The number of anilines is 1. The highest BCUT2D eigenvalue weighted by Gasteiger charge is 2.33. The van der Waals surface area contributed by atoms with Crippen LogP contribution in [0.15, 0.2) is 77.3 Å². The maximum absolute atomic E-state index is 14.0. The van der Waals surface area contributed by atoms with Crippen LogP contribution < -0.4 is 14.4 Å². The fraction of sp³-hybridized carbons (Fsp3) is 0.286. The molecule has 0 aliphatic carbocycles. The third-order valence-corrected chi connectivity index (χ3v) is 7.72. The Kier molecular flexibility index (Phi) is 9.93. The summed E-state index contributed by atoms with van der Waals surface area (Å²) in [6, 6.07) is 21.0. The van der Waals surface area contributed by atoms with Crippen molar-refractivity contribution >= 4 is 43.5 Å². The molecular weight excluding hydrogens is 570 g/mol. The standard InChI is InChI=1S/C28H32BrN3O5S/c1-20-10-15-26(37-3)24(16-20)32(38(4,35)36)19-27(33)31(18-22-11-13-23(29)14-12-22)25(28(34)30-2)17-21-8-6-5-7-9-21/h5-16,25H,17-19H2,1-4H3,(H,30,34)/t25-/m0/s1. The summed E-state index contributed by atoms with van der Waals surface area (Å²) < 4.78 is 33.2. The normalized spacial score (nSPS) is 11.9. The minimum absolute atomic E-state index is 0.111. The number of benzene rings is 3. The van der Waals surface area contributed by atoms with Gasteiger partial charge in [0.25, 0.3) is 0 Å². The molecule has 1 atom stereocenters. The molecule has 0 unspecified atom stereocenters. The lowest BCUT2D eigenvalue weighted by atomic mass is 10.0. The van der Waals surface area contributed by atoms with Crippen LogP contribution in [0.1, 0.15) is 16.7 Å². The zero-order valence-electron chi connectivity index (χ0n) is 21.8. The zero-order chi connectivity index (χ0) is 27.9. The number of halogens is 1. The summed E-state index contributed by atoms with van der Waals surface area (Å²) in [7, 11) is -0.927. The molecule has 1 N–H and O–H groups in total. The molecule has 0 heterocycles. The molecule has 8 nitrogen and oxygen atoms in total. The third-order valence-electron chi connectivity index (χ3n) is 6.07. The SMILES string of the molecule is CNC(=O)[C@H](Cc1ccccc1)N(Cc1ccc(Br)cc1)C(=O)CN(c1cc(C)ccc1OC)S(C)(=O)=O. The molecule has 0 aliphatic rings. The number of methoxy groups -OCH3 is 1. The van der Waals surface area contributed by atoms with Crippen LogP contribution in [0.4, 0.5) is 5.69 Å². The number of amides is 2. The van der Waals surface area contributed by atoms with Gasteiger partial charge in [0.2, 0.25) is 21.8 Å². The number of carbonyl (C=O) groups excluding carboxylic acids is 2. The molecule has 3 aromatic carbocycles. The second kappa shape index (κ2) is 12.9. The van der Waals surface area contributed by atoms with Gasteiger partial charge < -0.3 is 15.0 Å². The molecule has 3 rings (SSSR count). The summed E-state index contributed by atoms with van der Waals surface area (Å²) in [5.41, 5.74) is 2.73. The lowest BCUT2D eigenvalue weighted by molar-refractivity contribution is -0.139. The van der Waals surface area contributed by atoms with E-state index in [0.717, 1.165) is 31.7 Å². The van der Waals surface area contributed by atoms with E-state index in [9.17, 15) is 18.0 Å². The average Bonchev–Trinajstić information content (AvgIpc) is 2.89. The van der Waals surface area contributed by atoms with E-state index in [1.54, 1.807) is 18.2 Å². The van der Waals surface area contributed by atoms with Crippen molar-refractivity contribution in [3.63, 3.8) is 0 Å². The van der Waals surface area contributed by atoms with Gasteiger partial charge in [0.1, 0.15) is 18.3 Å². The van der Waals surface area contributed by atoms with Gasteiger partial charge in [0, 0.05) is 24.5 Å². The Hall–Kier alpha value is -3.37. The summed E-state index contributed by atoms with van der Waals surface area (Å²) in [6.45, 7) is 1.43. The Balaban J connectivity index is 2.06. The molecule has 0 aliphatic heterocycles. The molecule has 0 spiro atoms. The molecule has 3 aromatic rings. The largest absolute Gasteiger partial charge is 0.495 e. The highest BCUT2D eigenvalue weighted by atomic mass is 79.9. The Morgan fingerprint density at radius 1 is 1.00 bits per heavy atom. The topological polar surface area (TPSA) is 96.0 Å². The van der Waals surface area contributed by atoms with E-state index in [-0.39, 0.29) is 24.6 Å². The number of hydrogen-bond acceptors (Lipinski definition) is 5. The number of hydrogen-bond donors (Lipinski definition) is 1. The second-order valence-electron chi connectivity index (χ2n) is 8.91. The van der Waals surface area contributed by atoms with Gasteiger partial charge in [0.15, 0.2) is 0 Å². The van der Waals surface area contributed by atoms with E-state index in [2.05, 4.69) is 21.2 Å². The van der Waals surface area contributed by atoms with Gasteiger partial charge in [0.05, 0.1) is 19.1 Å². The van der Waals surface area contributed by atoms with Crippen LogP contribution in [0.2, 0.25) is 0 Å². The summed E-state index contributed by atoms with van der Waals surface area (Å²) in [5.74, 6) is -0.551. The van der Waals surface area contributed by atoms with Gasteiger partial charge in [-0.05, 0) is 47.9 Å². The van der Waals surface area contributed by atoms with Crippen molar-refractivity contribution in [1.29, 1.82) is 0 Å². The van der Waals surface area contributed by atoms with Crippen molar-refractivity contribution in [2.24, 2.45) is 0 Å². The summed E-state index contributed by atoms with van der Waals surface area (Å²) in [4.78, 5) is 28.6. The Bertz CT molecular complexity index is 1360. The number of ether oxygens (including phenoxy) is 1. The molecule has 0 saturated heterocycles. The summed E-state index contributed by atoms with van der Waals surface area (Å²) >= 11 is 3.42. The van der Waals surface area contributed by atoms with Crippen molar-refractivity contribution < 1.29 is 22.7 Å². The maximum atomic E-state index is 14.0. The van der Waals surface area contributed by atoms with Crippen molar-refractivity contribution in [1.82, 2.24) is 10.2 Å². The molecular formula is C28H32BrN3O5S. The van der Waals surface area contributed by atoms with Crippen LogP contribution >= 0.6 is 15.9 Å². The highest BCUT2D eigenvalue weighted by Crippen LogP contribution is 2.31. The fourth-order valence-corrected chi connectivity index (χ4v) is 5.21. The second-order valence-corrected chi connectivity index (χ2v) is 11.7. The predicted molar refractivity (Wildman–Crippen MR) is 153 cm³/mol. The lowest BCUT2D eigenvalue weighted by Crippen LogP contribution is -2.52. The van der Waals surface area contributed by atoms with Crippen LogP contribution in [0, 0.1) is 6.92 Å². The van der Waals surface area contributed by atoms with Gasteiger partial charge >= 0.3 is 0 Å². The van der Waals surface area contributed by atoms with Gasteiger partial charge in [-0.1, -0.05) is 64.5 Å². The number of likely N-dealkylation sites (N-methyl/N-ethyl adjacent to an activating group) is 1. The maximum Gasteiger partial charge on any atom is 0.244 e. The monoisotopic (exact) mass is 601 g/mol. The van der Waals surface area contributed by atoms with Gasteiger partial charge in [-0.2, -0.15) is 0 Å². The first-order chi connectivity index (χ1) is 18.0. The van der Waals surface area contributed by atoms with Crippen LogP contribution in [-0.2, 0) is 32.6 Å². The lowest BCUT2D eigenvalue weighted by Gasteiger charge is -2.33. The molecule has 0 saturated carbocycles. The number of nitrogens with one attached hydrogen (secondary N) is 1. The Morgan fingerprint density at radius 2 is 1.66 bits per heavy atom. The van der Waals surface area contributed by atoms with E-state index in [4.69, 9.17) is 4.74 Å². The number of sulfonamides is 1. The van der Waals surface area contributed by atoms with Gasteiger partial charge in [-0.25, -0.2) is 8.42 Å². The van der Waals surface area contributed by atoms with Crippen molar-refractivity contribution in [3.05, 3.63) is 94.0 Å². The van der Waals surface area contributed by atoms with Gasteiger partial charge in [-0.3, -0.25) is 13.9 Å². The quantitative estimate of drug-likeness (QED) is 0.359. The third kappa shape index (κ3) is 7.58. The molecule has 0 bridgehead atoms. The van der Waals surface area contributed by atoms with E-state index in [1.807, 2.05) is 61.5 Å². The van der Waals surface area contributed by atoms with Crippen molar-refractivity contribution in [2.45, 2.75) is 25.9 Å². The van der Waals surface area contributed by atoms with E-state index in [0.29, 0.717) is 5.75 Å². The first-order valence-electron chi connectivity index (χ1n) is 11.9. The molecule has 0 fully saturated rings. The molecule has 0 radical (unpaired) electrons. The van der Waals surface area contributed by atoms with Crippen molar-refractivity contribution in [2.75, 3.05) is 31.3 Å². The minimum atomic E-state index is -3.89. The Labute approximate surface area is 232 Å². The van der Waals surface area contributed by atoms with Crippen LogP contribution in [0.25, 0.3) is 0 Å². The predicted octanol–water partition coefficient (Wildman–Crippen LogP) is 3.92. The molecule has 38 heavy (non-hydrogen) atoms. The van der Waals surface area contributed by atoms with E-state index >= 15 is 0 Å². The van der Waals surface area contributed by atoms with Gasteiger partial charge in [-0.15, -0.1) is 0 Å². The average molecular weight is 603 g/mol. The fourth-order valence-electron chi connectivity index (χ4n) is 4.10. The number of carbonyl (C=O) groups is 2. The van der Waals surface area contributed by atoms with Crippen LogP contribution in [-0.4, -0.2) is 58.1 Å². The van der Waals surface area contributed by atoms with E-state index < -0.39 is 28.5 Å². The molecule has 202 valence electrons. The Morgan fingerprint density at radius 3 is 2.24 bits per heavy atom. The molecule has 0 aromatic heterocycles. The number of nitrogens with zero attached hydrogens (tertiary/aromatic N) is 2. The van der Waals surface area contributed by atoms with E-state index in [1.165, 1.54) is 19.1 Å². The zero-order valence-corrected chi connectivity index (χ0v) is 24.3. The summed E-state index contributed by atoms with van der Waals surface area (Å²) in [5, 5.41) is 2.66. The van der Waals surface area contributed by atoms with Crippen molar-refractivity contribution in [3.8, 4) is 5.75 Å². The van der Waals surface area contributed by atoms with Crippen LogP contribution in [0.5, 0.6) is 5.75 Å². The summed E-state index contributed by atoms with van der Waals surface area (Å²) in [6.07, 6.45) is 1.30. The molecule has 2 amide bonds. The first kappa shape index (κ1) is 29.2. The first-order valence-corrected chi connectivity index (χ1v) is 14.6. The number of aryl methyl sites for hydroxylation is 1. The smallest absolute Gasteiger partial charge is 0.244 e. The molecule has 10 heteroatoms.